The van der Waals surface area contributed by atoms with E-state index < -0.39 is 0 Å². The Morgan fingerprint density at radius 3 is 2.44 bits per heavy atom. The second kappa shape index (κ2) is 5.85. The third-order valence-corrected chi connectivity index (χ3v) is 4.92. The van der Waals surface area contributed by atoms with Crippen molar-refractivity contribution in [2.24, 2.45) is 14.1 Å². The van der Waals surface area contributed by atoms with Crippen molar-refractivity contribution in [3.05, 3.63) is 71.8 Å². The minimum Gasteiger partial charge on any atom is -0.322 e. The first kappa shape index (κ1) is 15.6. The summed E-state index contributed by atoms with van der Waals surface area (Å²) >= 11 is 0. The lowest BCUT2D eigenvalue weighted by Gasteiger charge is -2.07. The van der Waals surface area contributed by atoms with E-state index in [4.69, 9.17) is 4.98 Å². The maximum absolute atomic E-state index is 4.88. The molecule has 25 heavy (non-hydrogen) atoms. The molecule has 0 spiro atoms. The summed E-state index contributed by atoms with van der Waals surface area (Å²) in [5.41, 5.74) is 8.27. The van der Waals surface area contributed by atoms with Gasteiger partial charge in [0.1, 0.15) is 7.05 Å². The molecule has 0 aliphatic heterocycles. The number of aromatic nitrogens is 3. The van der Waals surface area contributed by atoms with E-state index in [1.807, 2.05) is 0 Å². The Morgan fingerprint density at radius 2 is 1.64 bits per heavy atom. The highest BCUT2D eigenvalue weighted by molar-refractivity contribution is 5.80. The van der Waals surface area contributed by atoms with Crippen molar-refractivity contribution in [3.8, 4) is 22.8 Å². The van der Waals surface area contributed by atoms with Crippen LogP contribution in [0.4, 0.5) is 0 Å². The van der Waals surface area contributed by atoms with Crippen LogP contribution in [0, 0.1) is 13.8 Å². The molecule has 0 aliphatic rings. The Hall–Kier alpha value is -2.94. The van der Waals surface area contributed by atoms with Gasteiger partial charge in [-0.25, -0.2) is 4.98 Å². The van der Waals surface area contributed by atoms with Crippen LogP contribution in [0.3, 0.4) is 0 Å². The normalized spacial score (nSPS) is 11.2. The van der Waals surface area contributed by atoms with Crippen molar-refractivity contribution in [3.63, 3.8) is 0 Å². The summed E-state index contributed by atoms with van der Waals surface area (Å²) in [4.78, 5) is 4.88. The zero-order valence-corrected chi connectivity index (χ0v) is 15.1. The number of hydrogen-bond donors (Lipinski definition) is 0. The van der Waals surface area contributed by atoms with Crippen LogP contribution in [-0.4, -0.2) is 9.55 Å². The molecule has 0 atom stereocenters. The first-order valence-electron chi connectivity index (χ1n) is 8.55. The molecule has 2 aromatic carbocycles. The molecule has 4 aromatic rings. The Bertz CT molecular complexity index is 1090. The van der Waals surface area contributed by atoms with Crippen LogP contribution in [0.5, 0.6) is 0 Å². The van der Waals surface area contributed by atoms with Crippen molar-refractivity contribution in [1.82, 2.24) is 9.55 Å². The fraction of sp³-hybridized carbons (Fsp3) is 0.182. The fourth-order valence-electron chi connectivity index (χ4n) is 3.47. The number of fused-ring (bicyclic) bond motifs is 1. The van der Waals surface area contributed by atoms with E-state index in [-0.39, 0.29) is 0 Å². The number of benzene rings is 2. The zero-order chi connectivity index (χ0) is 17.6. The molecule has 0 fully saturated rings. The molecule has 3 nitrogen and oxygen atoms in total. The fourth-order valence-corrected chi connectivity index (χ4v) is 3.47. The number of nitrogens with zero attached hydrogens (tertiary/aromatic N) is 3. The predicted octanol–water partition coefficient (Wildman–Crippen LogP) is 4.35. The lowest BCUT2D eigenvalue weighted by Crippen LogP contribution is -2.34. The molecule has 0 unspecified atom stereocenters. The van der Waals surface area contributed by atoms with Crippen molar-refractivity contribution in [2.75, 3.05) is 0 Å². The molecule has 0 saturated carbocycles. The number of imidazole rings is 1. The lowest BCUT2D eigenvalue weighted by molar-refractivity contribution is -0.649. The van der Waals surface area contributed by atoms with E-state index in [1.165, 1.54) is 22.4 Å². The summed E-state index contributed by atoms with van der Waals surface area (Å²) in [7, 11) is 4.20. The molecule has 0 N–H and O–H groups in total. The molecule has 0 amide bonds. The van der Waals surface area contributed by atoms with Gasteiger partial charge in [-0.3, -0.25) is 0 Å². The standard InChI is InChI=1S/C22H22N3/c1-15-12-13-18-21(14-15)25(4)22(23-18)20-11-7-10-19(24(20)3)17-9-6-5-8-16(17)2/h5-14H,1-4H3/q+1. The van der Waals surface area contributed by atoms with E-state index in [9.17, 15) is 0 Å². The third kappa shape index (κ3) is 2.52. The third-order valence-electron chi connectivity index (χ3n) is 4.92. The highest BCUT2D eigenvalue weighted by Crippen LogP contribution is 2.25. The van der Waals surface area contributed by atoms with Crippen molar-refractivity contribution in [2.45, 2.75) is 13.8 Å². The number of pyridine rings is 1. The summed E-state index contributed by atoms with van der Waals surface area (Å²) in [5, 5.41) is 0. The number of hydrogen-bond acceptors (Lipinski definition) is 1. The molecular formula is C22H22N3+. The van der Waals surface area contributed by atoms with Crippen molar-refractivity contribution < 1.29 is 4.57 Å². The smallest absolute Gasteiger partial charge is 0.248 e. The summed E-state index contributed by atoms with van der Waals surface area (Å²) < 4.78 is 4.41. The van der Waals surface area contributed by atoms with Crippen LogP contribution in [0.2, 0.25) is 0 Å². The molecule has 0 radical (unpaired) electrons. The van der Waals surface area contributed by atoms with Gasteiger partial charge in [-0.15, -0.1) is 0 Å². The Kier molecular flexibility index (Phi) is 3.65. The van der Waals surface area contributed by atoms with Crippen molar-refractivity contribution >= 4 is 11.0 Å². The summed E-state index contributed by atoms with van der Waals surface area (Å²) in [6.07, 6.45) is 0. The molecular weight excluding hydrogens is 306 g/mol. The highest BCUT2D eigenvalue weighted by Gasteiger charge is 2.21. The average molecular weight is 328 g/mol. The molecule has 124 valence electrons. The summed E-state index contributed by atoms with van der Waals surface area (Å²) in [6, 6.07) is 21.3. The second-order valence-corrected chi connectivity index (χ2v) is 6.66. The van der Waals surface area contributed by atoms with E-state index in [0.29, 0.717) is 0 Å². The Morgan fingerprint density at radius 1 is 0.880 bits per heavy atom. The summed E-state index contributed by atoms with van der Waals surface area (Å²) in [6.45, 7) is 4.27. The molecule has 0 aliphatic carbocycles. The maximum Gasteiger partial charge on any atom is 0.248 e. The topological polar surface area (TPSA) is 21.7 Å². The quantitative estimate of drug-likeness (QED) is 0.501. The SMILES string of the molecule is Cc1ccc2nc(-c3cccc(-c4ccccc4C)[n+]3C)n(C)c2c1. The van der Waals surface area contributed by atoms with Crippen LogP contribution < -0.4 is 4.57 Å². The molecule has 2 aromatic heterocycles. The van der Waals surface area contributed by atoms with E-state index in [1.54, 1.807) is 0 Å². The second-order valence-electron chi connectivity index (χ2n) is 6.66. The molecule has 3 heteroatoms. The van der Waals surface area contributed by atoms with E-state index in [2.05, 4.69) is 97.7 Å². The predicted molar refractivity (Wildman–Crippen MR) is 102 cm³/mol. The zero-order valence-electron chi connectivity index (χ0n) is 15.1. The highest BCUT2D eigenvalue weighted by atomic mass is 15.1. The Balaban J connectivity index is 1.95. The maximum atomic E-state index is 4.88. The first-order valence-corrected chi connectivity index (χ1v) is 8.55. The van der Waals surface area contributed by atoms with Crippen LogP contribution in [0.15, 0.2) is 60.7 Å². The van der Waals surface area contributed by atoms with Crippen LogP contribution >= 0.6 is 0 Å². The first-order chi connectivity index (χ1) is 12.1. The van der Waals surface area contributed by atoms with Gasteiger partial charge < -0.3 is 4.57 Å². The van der Waals surface area contributed by atoms with Gasteiger partial charge in [0, 0.05) is 24.7 Å². The minimum atomic E-state index is 0.985. The lowest BCUT2D eigenvalue weighted by atomic mass is 10.0. The Labute approximate surface area is 148 Å². The van der Waals surface area contributed by atoms with Gasteiger partial charge in [0.15, 0.2) is 0 Å². The molecule has 0 bridgehead atoms. The van der Waals surface area contributed by atoms with E-state index in [0.717, 1.165) is 22.6 Å². The van der Waals surface area contributed by atoms with Gasteiger partial charge in [-0.1, -0.05) is 24.3 Å². The largest absolute Gasteiger partial charge is 0.322 e. The summed E-state index contributed by atoms with van der Waals surface area (Å²) in [5.74, 6) is 0.985. The minimum absolute atomic E-state index is 0.985. The van der Waals surface area contributed by atoms with Gasteiger partial charge >= 0.3 is 0 Å². The van der Waals surface area contributed by atoms with Gasteiger partial charge in [-0.2, -0.15) is 4.57 Å². The van der Waals surface area contributed by atoms with Gasteiger partial charge in [0.25, 0.3) is 0 Å². The molecule has 2 heterocycles. The van der Waals surface area contributed by atoms with Crippen LogP contribution in [0.1, 0.15) is 11.1 Å². The number of aryl methyl sites for hydroxylation is 3. The van der Waals surface area contributed by atoms with Crippen molar-refractivity contribution in [1.29, 1.82) is 0 Å². The monoisotopic (exact) mass is 328 g/mol. The molecule has 0 saturated heterocycles. The number of rotatable bonds is 2. The molecule has 4 rings (SSSR count). The van der Waals surface area contributed by atoms with Gasteiger partial charge in [-0.05, 0) is 49.2 Å². The van der Waals surface area contributed by atoms with Gasteiger partial charge in [0.05, 0.1) is 11.0 Å². The van der Waals surface area contributed by atoms with Crippen LogP contribution in [-0.2, 0) is 14.1 Å². The average Bonchev–Trinajstić information content (AvgIpc) is 2.92. The van der Waals surface area contributed by atoms with E-state index >= 15 is 0 Å². The van der Waals surface area contributed by atoms with Gasteiger partial charge in [0.2, 0.25) is 17.2 Å². The van der Waals surface area contributed by atoms with Crippen LogP contribution in [0.25, 0.3) is 33.8 Å².